The molecule has 0 saturated carbocycles. The number of nitriles is 1. The molecule has 0 radical (unpaired) electrons. The summed E-state index contributed by atoms with van der Waals surface area (Å²) < 4.78 is 0.929. The molecular weight excluding hydrogens is 747 g/mol. The molecule has 0 unspecified atom stereocenters. The summed E-state index contributed by atoms with van der Waals surface area (Å²) in [6, 6.07) is 21.8. The van der Waals surface area contributed by atoms with E-state index in [2.05, 4.69) is 80.4 Å². The van der Waals surface area contributed by atoms with Crippen molar-refractivity contribution in [2.75, 3.05) is 11.9 Å². The van der Waals surface area contributed by atoms with Crippen LogP contribution in [0.1, 0.15) is 92.3 Å². The topological polar surface area (TPSA) is 124 Å². The Morgan fingerprint density at radius 3 is 2.18 bits per heavy atom. The molecule has 0 atom stereocenters. The number of aryl methyl sites for hydroxylation is 4. The molecule has 0 bridgehead atoms. The molecule has 286 valence electrons. The molecule has 2 N–H and O–H groups in total. The SMILES string of the molecule is CCCCCCc1cc(-c2sc(-c3ccc4c(c3)CCc3ccccc3N4C)cc2CCCCCC)sc1/C=c1\s/c(=C(\C#N)C(=O)O)n(CC(=O)O)c1=O. The van der Waals surface area contributed by atoms with Crippen LogP contribution in [0.25, 0.3) is 31.8 Å². The van der Waals surface area contributed by atoms with E-state index in [9.17, 15) is 29.9 Å². The van der Waals surface area contributed by atoms with E-state index >= 15 is 0 Å². The number of nitrogens with zero attached hydrogens (tertiary/aromatic N) is 3. The highest BCUT2D eigenvalue weighted by Gasteiger charge is 2.22. The molecule has 0 amide bonds. The first-order chi connectivity index (χ1) is 26.6. The predicted octanol–water partition coefficient (Wildman–Crippen LogP) is 9.15. The molecule has 0 fully saturated rings. The Kier molecular flexibility index (Phi) is 13.2. The van der Waals surface area contributed by atoms with E-state index in [1.807, 2.05) is 11.3 Å². The van der Waals surface area contributed by atoms with Gasteiger partial charge in [-0.25, -0.2) is 4.79 Å². The number of benzene rings is 2. The number of hydrogen-bond acceptors (Lipinski definition) is 8. The molecule has 0 saturated heterocycles. The smallest absolute Gasteiger partial charge is 0.349 e. The van der Waals surface area contributed by atoms with Crippen LogP contribution in [0.2, 0.25) is 0 Å². The van der Waals surface area contributed by atoms with Crippen LogP contribution in [0.5, 0.6) is 0 Å². The predicted molar refractivity (Wildman–Crippen MR) is 226 cm³/mol. The second-order valence-electron chi connectivity index (χ2n) is 14.1. The molecule has 0 spiro atoms. The van der Waals surface area contributed by atoms with Gasteiger partial charge in [-0.05, 0) is 103 Å². The van der Waals surface area contributed by atoms with Crippen molar-refractivity contribution >= 4 is 69.0 Å². The first-order valence-electron chi connectivity index (χ1n) is 19.1. The summed E-state index contributed by atoms with van der Waals surface area (Å²) in [6.07, 6.45) is 14.5. The van der Waals surface area contributed by atoms with Crippen molar-refractivity contribution in [2.24, 2.45) is 0 Å². The van der Waals surface area contributed by atoms with Gasteiger partial charge in [0.2, 0.25) is 0 Å². The van der Waals surface area contributed by atoms with E-state index in [-0.39, 0.29) is 9.20 Å². The Morgan fingerprint density at radius 2 is 1.49 bits per heavy atom. The monoisotopic (exact) mass is 793 g/mol. The van der Waals surface area contributed by atoms with E-state index in [1.54, 1.807) is 23.5 Å². The normalized spacial score (nSPS) is 13.3. The van der Waals surface area contributed by atoms with Crippen molar-refractivity contribution in [3.8, 4) is 26.3 Å². The third kappa shape index (κ3) is 9.04. The molecule has 1 aliphatic rings. The van der Waals surface area contributed by atoms with Crippen LogP contribution in [-0.2, 0) is 41.8 Å². The molecule has 6 rings (SSSR count). The summed E-state index contributed by atoms with van der Waals surface area (Å²) in [5.74, 6) is -2.80. The molecule has 55 heavy (non-hydrogen) atoms. The van der Waals surface area contributed by atoms with Crippen LogP contribution in [0.15, 0.2) is 59.4 Å². The van der Waals surface area contributed by atoms with Crippen LogP contribution >= 0.6 is 34.0 Å². The third-order valence-corrected chi connectivity index (χ3v) is 13.9. The molecule has 4 heterocycles. The number of aromatic nitrogens is 1. The van der Waals surface area contributed by atoms with Gasteiger partial charge in [0.15, 0.2) is 5.57 Å². The quantitative estimate of drug-likeness (QED) is 0.0956. The summed E-state index contributed by atoms with van der Waals surface area (Å²) in [6.45, 7) is 3.67. The Bertz CT molecular complexity index is 2430. The first kappa shape index (κ1) is 39.9. The molecule has 11 heteroatoms. The van der Waals surface area contributed by atoms with Gasteiger partial charge in [0.25, 0.3) is 5.56 Å². The maximum Gasteiger partial charge on any atom is 0.349 e. The van der Waals surface area contributed by atoms with E-state index < -0.39 is 29.6 Å². The summed E-state index contributed by atoms with van der Waals surface area (Å²) in [4.78, 5) is 44.0. The van der Waals surface area contributed by atoms with Gasteiger partial charge < -0.3 is 15.1 Å². The largest absolute Gasteiger partial charge is 0.480 e. The summed E-state index contributed by atoms with van der Waals surface area (Å²) in [5.41, 5.74) is 7.55. The average Bonchev–Trinajstić information content (AvgIpc) is 3.84. The Morgan fingerprint density at radius 1 is 0.818 bits per heavy atom. The van der Waals surface area contributed by atoms with Gasteiger partial charge in [-0.2, -0.15) is 5.26 Å². The molecule has 3 aromatic heterocycles. The number of hydrogen-bond donors (Lipinski definition) is 2. The Labute approximate surface area is 334 Å². The summed E-state index contributed by atoms with van der Waals surface area (Å²) in [7, 11) is 2.15. The number of rotatable bonds is 16. The van der Waals surface area contributed by atoms with E-state index in [0.717, 1.165) is 89.0 Å². The maximum atomic E-state index is 13.6. The van der Waals surface area contributed by atoms with Crippen molar-refractivity contribution < 1.29 is 19.8 Å². The maximum absolute atomic E-state index is 13.6. The fourth-order valence-corrected chi connectivity index (χ4v) is 11.0. The van der Waals surface area contributed by atoms with Crippen molar-refractivity contribution in [1.29, 1.82) is 5.26 Å². The lowest BCUT2D eigenvalue weighted by molar-refractivity contribution is -0.138. The van der Waals surface area contributed by atoms with Gasteiger partial charge in [-0.1, -0.05) is 76.6 Å². The zero-order chi connectivity index (χ0) is 39.1. The van der Waals surface area contributed by atoms with Crippen molar-refractivity contribution in [2.45, 2.75) is 97.4 Å². The zero-order valence-electron chi connectivity index (χ0n) is 31.7. The third-order valence-electron chi connectivity index (χ3n) is 10.2. The van der Waals surface area contributed by atoms with Gasteiger partial charge in [0.1, 0.15) is 17.3 Å². The minimum Gasteiger partial charge on any atom is -0.480 e. The van der Waals surface area contributed by atoms with Gasteiger partial charge in [-0.15, -0.1) is 34.0 Å². The van der Waals surface area contributed by atoms with Gasteiger partial charge in [-0.3, -0.25) is 14.2 Å². The highest BCUT2D eigenvalue weighted by Crippen LogP contribution is 2.45. The van der Waals surface area contributed by atoms with E-state index in [0.29, 0.717) is 0 Å². The average molecular weight is 794 g/mol. The first-order valence-corrected chi connectivity index (χ1v) is 21.6. The molecule has 2 aromatic carbocycles. The number of anilines is 2. The van der Waals surface area contributed by atoms with Crippen LogP contribution in [0, 0.1) is 11.3 Å². The summed E-state index contributed by atoms with van der Waals surface area (Å²) in [5, 5.41) is 28.8. The number of carbonyl (C=O) groups is 2. The van der Waals surface area contributed by atoms with Crippen LogP contribution in [0.3, 0.4) is 0 Å². The minimum atomic E-state index is -1.50. The second kappa shape index (κ2) is 18.2. The standard InChI is InChI=1S/C44H47N3O5S3/c1-4-6-8-10-15-30-23-38(53-37(30)25-39-42(50)47(27-40(48)49)43(55-39)33(26-45)44(51)52)41-32(16-11-9-7-5-2)24-36(54-41)31-20-21-35-29(22-31)19-18-28-14-12-13-17-34(28)46(35)3/h12-14,17,20-25H,4-11,15-16,18-19,27H2,1-3H3,(H,48,49)(H,51,52)/b39-25-,43-33+. The number of unbranched alkanes of at least 4 members (excludes halogenated alkanes) is 6. The Balaban J connectivity index is 1.45. The second-order valence-corrected chi connectivity index (χ2v) is 17.3. The van der Waals surface area contributed by atoms with Gasteiger partial charge in [0, 0.05) is 37.9 Å². The van der Waals surface area contributed by atoms with Crippen LogP contribution < -0.4 is 19.7 Å². The molecular formula is C44H47N3O5S3. The highest BCUT2D eigenvalue weighted by molar-refractivity contribution is 7.24. The minimum absolute atomic E-state index is 0.164. The molecule has 5 aromatic rings. The number of carboxylic acid groups (broad SMARTS) is 2. The van der Waals surface area contributed by atoms with Gasteiger partial charge in [0.05, 0.1) is 4.53 Å². The molecule has 1 aliphatic heterocycles. The highest BCUT2D eigenvalue weighted by atomic mass is 32.1. The zero-order valence-corrected chi connectivity index (χ0v) is 34.1. The summed E-state index contributed by atoms with van der Waals surface area (Å²) >= 11 is 4.28. The van der Waals surface area contributed by atoms with Gasteiger partial charge >= 0.3 is 11.9 Å². The van der Waals surface area contributed by atoms with Crippen LogP contribution in [0.4, 0.5) is 11.4 Å². The number of aliphatic carboxylic acids is 2. The van der Waals surface area contributed by atoms with E-state index in [4.69, 9.17) is 0 Å². The number of thiazole rings is 1. The van der Waals surface area contributed by atoms with Crippen molar-refractivity contribution in [1.82, 2.24) is 4.57 Å². The van der Waals surface area contributed by atoms with E-state index in [1.165, 1.54) is 62.6 Å². The van der Waals surface area contributed by atoms with Crippen LogP contribution in [-0.4, -0.2) is 33.8 Å². The molecule has 8 nitrogen and oxygen atoms in total. The number of fused-ring (bicyclic) bond motifs is 2. The lowest BCUT2D eigenvalue weighted by Crippen LogP contribution is -2.35. The fourth-order valence-electron chi connectivity index (χ4n) is 7.33. The number of para-hydroxylation sites is 1. The lowest BCUT2D eigenvalue weighted by Gasteiger charge is -2.22. The number of carboxylic acids is 2. The Hall–Kier alpha value is -4.76. The lowest BCUT2D eigenvalue weighted by atomic mass is 10.0. The van der Waals surface area contributed by atoms with Crippen molar-refractivity contribution in [3.63, 3.8) is 0 Å². The van der Waals surface area contributed by atoms with Crippen molar-refractivity contribution in [3.05, 3.63) is 101 Å². The molecule has 0 aliphatic carbocycles. The fraction of sp³-hybridized carbons (Fsp3) is 0.364. The number of thiophene rings is 2.